The Bertz CT molecular complexity index is 198. The van der Waals surface area contributed by atoms with Crippen molar-refractivity contribution in [1.82, 2.24) is 15.1 Å². The van der Waals surface area contributed by atoms with E-state index in [1.807, 2.05) is 0 Å². The van der Waals surface area contributed by atoms with E-state index in [9.17, 15) is 0 Å². The van der Waals surface area contributed by atoms with Crippen LogP contribution in [0.25, 0.3) is 0 Å². The minimum atomic E-state index is 0.247. The first kappa shape index (κ1) is 13.9. The molecule has 0 radical (unpaired) electrons. The lowest BCUT2D eigenvalue weighted by Gasteiger charge is -2.39. The Morgan fingerprint density at radius 2 is 1.94 bits per heavy atom. The molecule has 1 fully saturated rings. The molecule has 0 bridgehead atoms. The summed E-state index contributed by atoms with van der Waals surface area (Å²) in [7, 11) is 2.25. The summed E-state index contributed by atoms with van der Waals surface area (Å²) in [5.41, 5.74) is 0.247. The Morgan fingerprint density at radius 1 is 1.25 bits per heavy atom. The summed E-state index contributed by atoms with van der Waals surface area (Å²) >= 11 is 0. The highest BCUT2D eigenvalue weighted by Crippen LogP contribution is 2.10. The Hall–Kier alpha value is -0.120. The summed E-state index contributed by atoms with van der Waals surface area (Å²) in [5, 5.41) is 3.56. The Labute approximate surface area is 101 Å². The van der Waals surface area contributed by atoms with Crippen LogP contribution >= 0.6 is 0 Å². The summed E-state index contributed by atoms with van der Waals surface area (Å²) < 4.78 is 0. The van der Waals surface area contributed by atoms with E-state index in [2.05, 4.69) is 49.9 Å². The van der Waals surface area contributed by atoms with Gasteiger partial charge in [0.05, 0.1) is 0 Å². The lowest BCUT2D eigenvalue weighted by Crippen LogP contribution is -2.53. The van der Waals surface area contributed by atoms with Gasteiger partial charge in [0.2, 0.25) is 0 Å². The second-order valence-corrected chi connectivity index (χ2v) is 6.02. The second kappa shape index (κ2) is 5.99. The first-order valence-corrected chi connectivity index (χ1v) is 6.60. The van der Waals surface area contributed by atoms with Gasteiger partial charge in [0.1, 0.15) is 0 Å². The monoisotopic (exact) mass is 227 g/mol. The standard InChI is InChI=1S/C13H29N3/c1-6-12-11-16(10-9-15(12)5)8-7-14-13(2,3)4/h12,14H,6-11H2,1-5H3. The number of piperazine rings is 1. The van der Waals surface area contributed by atoms with Gasteiger partial charge < -0.3 is 10.2 Å². The van der Waals surface area contributed by atoms with Crippen LogP contribution in [0.4, 0.5) is 0 Å². The highest BCUT2D eigenvalue weighted by Gasteiger charge is 2.22. The molecule has 1 aliphatic heterocycles. The van der Waals surface area contributed by atoms with Crippen molar-refractivity contribution in [3.8, 4) is 0 Å². The van der Waals surface area contributed by atoms with E-state index in [0.717, 1.165) is 12.6 Å². The van der Waals surface area contributed by atoms with Gasteiger partial charge in [-0.05, 0) is 34.2 Å². The number of rotatable bonds is 4. The lowest BCUT2D eigenvalue weighted by molar-refractivity contribution is 0.0926. The zero-order valence-corrected chi connectivity index (χ0v) is 11.7. The SMILES string of the molecule is CCC1CN(CCNC(C)(C)C)CCN1C. The van der Waals surface area contributed by atoms with E-state index >= 15 is 0 Å². The Kier molecular flexibility index (Phi) is 5.22. The minimum absolute atomic E-state index is 0.247. The van der Waals surface area contributed by atoms with Crippen molar-refractivity contribution in [3.63, 3.8) is 0 Å². The largest absolute Gasteiger partial charge is 0.311 e. The van der Waals surface area contributed by atoms with Crippen molar-refractivity contribution in [3.05, 3.63) is 0 Å². The first-order valence-electron chi connectivity index (χ1n) is 6.60. The molecule has 1 unspecified atom stereocenters. The smallest absolute Gasteiger partial charge is 0.0218 e. The summed E-state index contributed by atoms with van der Waals surface area (Å²) in [5.74, 6) is 0. The molecule has 0 spiro atoms. The van der Waals surface area contributed by atoms with E-state index in [1.54, 1.807) is 0 Å². The zero-order chi connectivity index (χ0) is 12.2. The molecule has 3 heteroatoms. The summed E-state index contributed by atoms with van der Waals surface area (Å²) in [6.07, 6.45) is 1.26. The Morgan fingerprint density at radius 3 is 2.50 bits per heavy atom. The molecule has 3 nitrogen and oxygen atoms in total. The lowest BCUT2D eigenvalue weighted by atomic mass is 10.1. The molecular weight excluding hydrogens is 198 g/mol. The molecule has 1 heterocycles. The van der Waals surface area contributed by atoms with Crippen LogP contribution in [0.3, 0.4) is 0 Å². The van der Waals surface area contributed by atoms with Gasteiger partial charge in [-0.25, -0.2) is 0 Å². The van der Waals surface area contributed by atoms with E-state index in [1.165, 1.54) is 32.6 Å². The van der Waals surface area contributed by atoms with Crippen molar-refractivity contribution < 1.29 is 0 Å². The van der Waals surface area contributed by atoms with Crippen LogP contribution < -0.4 is 5.32 Å². The normalized spacial score (nSPS) is 24.9. The van der Waals surface area contributed by atoms with Crippen molar-refractivity contribution in [2.75, 3.05) is 39.8 Å². The van der Waals surface area contributed by atoms with Gasteiger partial charge in [0, 0.05) is 44.3 Å². The fourth-order valence-corrected chi connectivity index (χ4v) is 2.24. The van der Waals surface area contributed by atoms with E-state index < -0.39 is 0 Å². The highest BCUT2D eigenvalue weighted by atomic mass is 15.3. The number of nitrogens with one attached hydrogen (secondary N) is 1. The van der Waals surface area contributed by atoms with Crippen LogP contribution in [-0.2, 0) is 0 Å². The van der Waals surface area contributed by atoms with Gasteiger partial charge in [0.25, 0.3) is 0 Å². The third-order valence-electron chi connectivity index (χ3n) is 3.42. The number of hydrogen-bond donors (Lipinski definition) is 1. The molecule has 0 amide bonds. The summed E-state index contributed by atoms with van der Waals surface area (Å²) in [4.78, 5) is 5.08. The van der Waals surface area contributed by atoms with E-state index in [4.69, 9.17) is 0 Å². The molecule has 0 aromatic heterocycles. The van der Waals surface area contributed by atoms with Crippen LogP contribution in [0.1, 0.15) is 34.1 Å². The zero-order valence-electron chi connectivity index (χ0n) is 11.7. The van der Waals surface area contributed by atoms with Crippen LogP contribution in [0.2, 0.25) is 0 Å². The fraction of sp³-hybridized carbons (Fsp3) is 1.00. The quantitative estimate of drug-likeness (QED) is 0.783. The summed E-state index contributed by atoms with van der Waals surface area (Å²) in [6.45, 7) is 14.9. The molecule has 1 saturated heterocycles. The first-order chi connectivity index (χ1) is 7.42. The van der Waals surface area contributed by atoms with Crippen LogP contribution in [0.15, 0.2) is 0 Å². The highest BCUT2D eigenvalue weighted by molar-refractivity contribution is 4.80. The van der Waals surface area contributed by atoms with Crippen molar-refractivity contribution in [2.45, 2.75) is 45.7 Å². The molecule has 1 rings (SSSR count). The van der Waals surface area contributed by atoms with Crippen LogP contribution in [0.5, 0.6) is 0 Å². The topological polar surface area (TPSA) is 18.5 Å². The van der Waals surface area contributed by atoms with Gasteiger partial charge in [-0.15, -0.1) is 0 Å². The second-order valence-electron chi connectivity index (χ2n) is 6.02. The number of hydrogen-bond acceptors (Lipinski definition) is 3. The predicted octanol–water partition coefficient (Wildman–Crippen LogP) is 1.40. The van der Waals surface area contributed by atoms with Crippen LogP contribution in [-0.4, -0.2) is 61.2 Å². The third kappa shape index (κ3) is 4.81. The molecule has 0 aromatic carbocycles. The average molecular weight is 227 g/mol. The van der Waals surface area contributed by atoms with Gasteiger partial charge in [-0.1, -0.05) is 6.92 Å². The molecule has 0 saturated carbocycles. The predicted molar refractivity (Wildman–Crippen MR) is 70.9 cm³/mol. The molecule has 1 atom stereocenters. The summed E-state index contributed by atoms with van der Waals surface area (Å²) in [6, 6.07) is 0.753. The van der Waals surface area contributed by atoms with Crippen molar-refractivity contribution >= 4 is 0 Å². The maximum Gasteiger partial charge on any atom is 0.0218 e. The van der Waals surface area contributed by atoms with Gasteiger partial charge in [-0.2, -0.15) is 0 Å². The average Bonchev–Trinajstić information content (AvgIpc) is 2.18. The number of likely N-dealkylation sites (N-methyl/N-ethyl adjacent to an activating group) is 1. The van der Waals surface area contributed by atoms with E-state index in [0.29, 0.717) is 0 Å². The van der Waals surface area contributed by atoms with Gasteiger partial charge in [0.15, 0.2) is 0 Å². The van der Waals surface area contributed by atoms with Gasteiger partial charge in [-0.3, -0.25) is 4.90 Å². The molecule has 1 aliphatic rings. The van der Waals surface area contributed by atoms with Gasteiger partial charge >= 0.3 is 0 Å². The van der Waals surface area contributed by atoms with Crippen molar-refractivity contribution in [2.24, 2.45) is 0 Å². The molecule has 1 N–H and O–H groups in total. The fourth-order valence-electron chi connectivity index (χ4n) is 2.24. The minimum Gasteiger partial charge on any atom is -0.311 e. The molecule has 0 aliphatic carbocycles. The molecule has 16 heavy (non-hydrogen) atoms. The maximum absolute atomic E-state index is 3.56. The maximum atomic E-state index is 3.56. The van der Waals surface area contributed by atoms with Crippen LogP contribution in [0, 0.1) is 0 Å². The van der Waals surface area contributed by atoms with Crippen molar-refractivity contribution in [1.29, 1.82) is 0 Å². The third-order valence-corrected chi connectivity index (χ3v) is 3.42. The molecule has 96 valence electrons. The Balaban J connectivity index is 2.23. The molecule has 0 aromatic rings. The number of nitrogens with zero attached hydrogens (tertiary/aromatic N) is 2. The molecular formula is C13H29N3. The van der Waals surface area contributed by atoms with E-state index in [-0.39, 0.29) is 5.54 Å².